The Kier molecular flexibility index (Phi) is 8.39. The lowest BCUT2D eigenvalue weighted by Crippen LogP contribution is -2.43. The number of alkyl halides is 6. The molecule has 1 spiro atoms. The second-order valence-corrected chi connectivity index (χ2v) is 11.4. The van der Waals surface area contributed by atoms with Gasteiger partial charge in [-0.3, -0.25) is 20.2 Å². The number of hydrogen-bond acceptors (Lipinski definition) is 9. The van der Waals surface area contributed by atoms with Crippen LogP contribution in [0.5, 0.6) is 23.0 Å². The second kappa shape index (κ2) is 12.3. The summed E-state index contributed by atoms with van der Waals surface area (Å²) in [5.41, 5.74) is -4.99. The lowest BCUT2D eigenvalue weighted by Gasteiger charge is -2.43. The van der Waals surface area contributed by atoms with E-state index in [4.69, 9.17) is 18.9 Å². The minimum absolute atomic E-state index is 0.00336. The van der Waals surface area contributed by atoms with E-state index in [0.717, 1.165) is 12.1 Å². The number of fused-ring (bicyclic) bond motifs is 4. The number of nitrogens with zero attached hydrogens (tertiary/aromatic N) is 2. The van der Waals surface area contributed by atoms with Crippen LogP contribution in [0, 0.1) is 26.1 Å². The van der Waals surface area contributed by atoms with E-state index >= 15 is 0 Å². The Balaban J connectivity index is 1.42. The van der Waals surface area contributed by atoms with E-state index in [1.54, 1.807) is 32.1 Å². The van der Waals surface area contributed by atoms with Crippen molar-refractivity contribution in [1.82, 2.24) is 0 Å². The van der Waals surface area contributed by atoms with Crippen LogP contribution in [0.2, 0.25) is 0 Å². The Labute approximate surface area is 283 Å². The number of halogens is 6. The molecule has 1 aliphatic carbocycles. The third-order valence-electron chi connectivity index (χ3n) is 8.30. The maximum absolute atomic E-state index is 13.3. The molecular formula is C34H22F6N2O9. The van der Waals surface area contributed by atoms with Crippen molar-refractivity contribution in [3.63, 3.8) is 0 Å². The SMILES string of the molecule is C/C=C\C1=C(C)C(=O)OC12c1ccc(Oc3ccc(C(F)(F)F)cc3[N+](=O)[O-])cc1OC1=CC(Oc3ccc(C(F)(F)F)cc3[N+](=O)[O-])C=CC12. The summed E-state index contributed by atoms with van der Waals surface area (Å²) < 4.78 is 103. The summed E-state index contributed by atoms with van der Waals surface area (Å²) in [4.78, 5) is 34.4. The van der Waals surface area contributed by atoms with E-state index in [-0.39, 0.29) is 22.8 Å². The van der Waals surface area contributed by atoms with Crippen LogP contribution in [0.25, 0.3) is 0 Å². The number of carbonyl (C=O) groups excluding carboxylic acids is 1. The van der Waals surface area contributed by atoms with Crippen LogP contribution in [0.15, 0.2) is 102 Å². The zero-order valence-corrected chi connectivity index (χ0v) is 26.1. The fraction of sp³-hybridized carbons (Fsp3) is 0.206. The van der Waals surface area contributed by atoms with Gasteiger partial charge in [0.15, 0.2) is 11.4 Å². The van der Waals surface area contributed by atoms with Crippen LogP contribution in [0.3, 0.4) is 0 Å². The number of ether oxygens (including phenoxy) is 4. The average molecular weight is 717 g/mol. The van der Waals surface area contributed by atoms with E-state index in [9.17, 15) is 51.4 Å². The first kappa shape index (κ1) is 34.7. The first-order chi connectivity index (χ1) is 23.9. The summed E-state index contributed by atoms with van der Waals surface area (Å²) in [6, 6.07) is 7.64. The molecule has 3 aliphatic rings. The summed E-state index contributed by atoms with van der Waals surface area (Å²) in [5.74, 6) is -2.53. The van der Waals surface area contributed by atoms with Gasteiger partial charge in [-0.25, -0.2) is 4.79 Å². The summed E-state index contributed by atoms with van der Waals surface area (Å²) in [6.07, 6.45) is -3.12. The molecule has 6 rings (SSSR count). The molecular weight excluding hydrogens is 694 g/mol. The molecule has 264 valence electrons. The van der Waals surface area contributed by atoms with Crippen molar-refractivity contribution < 1.29 is 59.9 Å². The zero-order valence-electron chi connectivity index (χ0n) is 26.1. The van der Waals surface area contributed by atoms with Crippen LogP contribution in [-0.2, 0) is 27.5 Å². The molecule has 2 heterocycles. The monoisotopic (exact) mass is 716 g/mol. The number of nitro groups is 2. The Morgan fingerprint density at radius 3 is 2.06 bits per heavy atom. The molecule has 0 radical (unpaired) electrons. The highest BCUT2D eigenvalue weighted by molar-refractivity contribution is 5.94. The first-order valence-electron chi connectivity index (χ1n) is 14.8. The third kappa shape index (κ3) is 6.15. The van der Waals surface area contributed by atoms with Crippen LogP contribution >= 0.6 is 0 Å². The second-order valence-electron chi connectivity index (χ2n) is 11.4. The molecule has 0 N–H and O–H groups in total. The van der Waals surface area contributed by atoms with Gasteiger partial charge in [0.25, 0.3) is 0 Å². The number of benzene rings is 3. The van der Waals surface area contributed by atoms with Crippen molar-refractivity contribution in [3.05, 3.63) is 139 Å². The Bertz CT molecular complexity index is 2120. The van der Waals surface area contributed by atoms with Crippen LogP contribution < -0.4 is 14.2 Å². The number of esters is 1. The number of carbonyl (C=O) groups is 1. The molecule has 0 aromatic heterocycles. The lowest BCUT2D eigenvalue weighted by atomic mass is 9.71. The number of nitro benzene ring substituents is 2. The molecule has 3 aromatic carbocycles. The average Bonchev–Trinajstić information content (AvgIpc) is 3.29. The van der Waals surface area contributed by atoms with Crippen molar-refractivity contribution >= 4 is 17.3 Å². The van der Waals surface area contributed by atoms with Gasteiger partial charge in [0.05, 0.1) is 26.9 Å². The van der Waals surface area contributed by atoms with Gasteiger partial charge in [0.2, 0.25) is 5.75 Å². The molecule has 2 aliphatic heterocycles. The Morgan fingerprint density at radius 2 is 1.47 bits per heavy atom. The van der Waals surface area contributed by atoms with Gasteiger partial charge in [0, 0.05) is 34.9 Å². The minimum Gasteiger partial charge on any atom is -0.475 e. The summed E-state index contributed by atoms with van der Waals surface area (Å²) in [5, 5.41) is 23.3. The minimum atomic E-state index is -4.86. The molecule has 0 bridgehead atoms. The van der Waals surface area contributed by atoms with Gasteiger partial charge < -0.3 is 18.9 Å². The number of allylic oxidation sites excluding steroid dienone is 1. The van der Waals surface area contributed by atoms with Gasteiger partial charge in [-0.1, -0.05) is 18.2 Å². The fourth-order valence-corrected chi connectivity index (χ4v) is 6.04. The quantitative estimate of drug-likeness (QED) is 0.0771. The van der Waals surface area contributed by atoms with Crippen LogP contribution in [0.1, 0.15) is 30.5 Å². The number of hydrogen-bond donors (Lipinski definition) is 0. The molecule has 0 amide bonds. The van der Waals surface area contributed by atoms with E-state index in [1.165, 1.54) is 30.4 Å². The standard InChI is InChI=1S/C34H22F6N2O9/c1-3-4-22-17(2)31(43)51-32(22)23-9-7-20(48-27-11-5-18(33(35,36)37)13-25(27)41(44)45)15-29(23)50-30-16-21(8-10-24(30)32)49-28-12-6-19(34(38,39)40)14-26(28)42(46)47/h3-16,20,23H,1-2H3/b4-3-. The summed E-state index contributed by atoms with van der Waals surface area (Å²) in [7, 11) is 0. The predicted octanol–water partition coefficient (Wildman–Crippen LogP) is 8.89. The molecule has 11 nitrogen and oxygen atoms in total. The van der Waals surface area contributed by atoms with Crippen molar-refractivity contribution in [3.8, 4) is 23.0 Å². The van der Waals surface area contributed by atoms with Crippen molar-refractivity contribution in [2.75, 3.05) is 0 Å². The highest BCUT2D eigenvalue weighted by Crippen LogP contribution is 2.57. The Hall–Kier alpha value is -6.13. The van der Waals surface area contributed by atoms with Crippen molar-refractivity contribution in [1.29, 1.82) is 0 Å². The predicted molar refractivity (Wildman–Crippen MR) is 164 cm³/mol. The molecule has 17 heteroatoms. The van der Waals surface area contributed by atoms with E-state index in [0.29, 0.717) is 35.4 Å². The molecule has 0 saturated heterocycles. The molecule has 0 fully saturated rings. The van der Waals surface area contributed by atoms with Crippen molar-refractivity contribution in [2.45, 2.75) is 37.9 Å². The van der Waals surface area contributed by atoms with E-state index in [2.05, 4.69) is 0 Å². The molecule has 51 heavy (non-hydrogen) atoms. The van der Waals surface area contributed by atoms with Gasteiger partial charge in [-0.15, -0.1) is 0 Å². The zero-order chi connectivity index (χ0) is 37.0. The third-order valence-corrected chi connectivity index (χ3v) is 8.30. The smallest absolute Gasteiger partial charge is 0.416 e. The summed E-state index contributed by atoms with van der Waals surface area (Å²) in [6.45, 7) is 3.26. The van der Waals surface area contributed by atoms with E-state index < -0.39 is 79.8 Å². The molecule has 0 saturated carbocycles. The maximum atomic E-state index is 13.3. The normalized spacial score (nSPS) is 21.2. The van der Waals surface area contributed by atoms with Gasteiger partial charge in [-0.2, -0.15) is 26.3 Å². The lowest BCUT2D eigenvalue weighted by molar-refractivity contribution is -0.386. The topological polar surface area (TPSA) is 140 Å². The van der Waals surface area contributed by atoms with E-state index in [1.807, 2.05) is 0 Å². The van der Waals surface area contributed by atoms with Crippen LogP contribution in [0.4, 0.5) is 37.7 Å². The van der Waals surface area contributed by atoms with Crippen LogP contribution in [-0.4, -0.2) is 21.9 Å². The first-order valence-corrected chi connectivity index (χ1v) is 14.8. The van der Waals surface area contributed by atoms with Crippen molar-refractivity contribution in [2.24, 2.45) is 5.92 Å². The molecule has 3 unspecified atom stereocenters. The van der Waals surface area contributed by atoms with Gasteiger partial charge in [0.1, 0.15) is 23.4 Å². The highest BCUT2D eigenvalue weighted by Gasteiger charge is 2.57. The molecule has 3 atom stereocenters. The maximum Gasteiger partial charge on any atom is 0.416 e. The Morgan fingerprint density at radius 1 is 0.863 bits per heavy atom. The summed E-state index contributed by atoms with van der Waals surface area (Å²) >= 11 is 0. The van der Waals surface area contributed by atoms with Gasteiger partial charge >= 0.3 is 29.7 Å². The molecule has 3 aromatic rings. The largest absolute Gasteiger partial charge is 0.475 e. The number of rotatable bonds is 7. The highest BCUT2D eigenvalue weighted by atomic mass is 19.4. The fourth-order valence-electron chi connectivity index (χ4n) is 6.04. The van der Waals surface area contributed by atoms with Gasteiger partial charge in [-0.05, 0) is 62.4 Å².